The minimum atomic E-state index is -0.409. The number of carbonyl (C=O) groups is 2. The molecule has 3 heterocycles. The van der Waals surface area contributed by atoms with Crippen molar-refractivity contribution in [2.45, 2.75) is 26.4 Å². The molecule has 9 nitrogen and oxygen atoms in total. The predicted molar refractivity (Wildman–Crippen MR) is 117 cm³/mol. The van der Waals surface area contributed by atoms with Crippen molar-refractivity contribution >= 4 is 28.8 Å². The Kier molecular flexibility index (Phi) is 5.85. The molecule has 9 heteroatoms. The second kappa shape index (κ2) is 8.73. The van der Waals surface area contributed by atoms with Crippen LogP contribution in [0.4, 0.5) is 11.4 Å². The van der Waals surface area contributed by atoms with Gasteiger partial charge in [-0.3, -0.25) is 9.59 Å². The van der Waals surface area contributed by atoms with Gasteiger partial charge in [-0.1, -0.05) is 0 Å². The summed E-state index contributed by atoms with van der Waals surface area (Å²) in [6, 6.07) is 5.53. The van der Waals surface area contributed by atoms with E-state index in [-0.39, 0.29) is 23.3 Å². The van der Waals surface area contributed by atoms with Crippen LogP contribution in [0.2, 0.25) is 0 Å². The molecule has 2 aliphatic rings. The zero-order chi connectivity index (χ0) is 22.0. The van der Waals surface area contributed by atoms with Crippen LogP contribution in [0.25, 0.3) is 5.57 Å². The number of nitrogens with one attached hydrogen (secondary N) is 1. The van der Waals surface area contributed by atoms with Crippen molar-refractivity contribution in [1.29, 1.82) is 0 Å². The minimum absolute atomic E-state index is 0.0117. The first-order valence-corrected chi connectivity index (χ1v) is 10.3. The van der Waals surface area contributed by atoms with Gasteiger partial charge in [-0.05, 0) is 37.6 Å². The SMILES string of the molecule is CC(C)N1Cc2cc(NC(=O)/C(=C/N)c3ncccn3)c(N3CCOCC3)cc2C1=O. The molecule has 1 aromatic heterocycles. The highest BCUT2D eigenvalue weighted by atomic mass is 16.5. The Morgan fingerprint density at radius 3 is 2.58 bits per heavy atom. The Hall–Kier alpha value is -3.46. The number of carbonyl (C=O) groups excluding carboxylic acids is 2. The molecule has 0 saturated carbocycles. The van der Waals surface area contributed by atoms with Crippen LogP contribution in [0, 0.1) is 0 Å². The summed E-state index contributed by atoms with van der Waals surface area (Å²) in [6.45, 7) is 7.02. The molecule has 1 aromatic carbocycles. The van der Waals surface area contributed by atoms with Crippen LogP contribution in [0.5, 0.6) is 0 Å². The molecular formula is C22H26N6O3. The second-order valence-electron chi connectivity index (χ2n) is 7.76. The van der Waals surface area contributed by atoms with Crippen LogP contribution in [-0.4, -0.2) is 59.0 Å². The molecule has 0 aliphatic carbocycles. The molecule has 1 fully saturated rings. The third-order valence-electron chi connectivity index (χ3n) is 5.49. The molecule has 4 rings (SSSR count). The lowest BCUT2D eigenvalue weighted by atomic mass is 10.1. The number of nitrogens with zero attached hydrogens (tertiary/aromatic N) is 4. The van der Waals surface area contributed by atoms with Gasteiger partial charge in [-0.15, -0.1) is 0 Å². The molecule has 0 spiro atoms. The van der Waals surface area contributed by atoms with Crippen LogP contribution in [0.1, 0.15) is 35.6 Å². The van der Waals surface area contributed by atoms with Gasteiger partial charge in [-0.2, -0.15) is 0 Å². The summed E-state index contributed by atoms with van der Waals surface area (Å²) < 4.78 is 5.47. The zero-order valence-electron chi connectivity index (χ0n) is 17.7. The van der Waals surface area contributed by atoms with Crippen molar-refractivity contribution in [3.05, 3.63) is 53.7 Å². The molecule has 2 aliphatic heterocycles. The highest BCUT2D eigenvalue weighted by Gasteiger charge is 2.32. The van der Waals surface area contributed by atoms with E-state index in [1.54, 1.807) is 18.5 Å². The fraction of sp³-hybridized carbons (Fsp3) is 0.364. The summed E-state index contributed by atoms with van der Waals surface area (Å²) in [6.07, 6.45) is 4.32. The molecule has 0 atom stereocenters. The maximum absolute atomic E-state index is 13.1. The van der Waals surface area contributed by atoms with Crippen LogP contribution < -0.4 is 16.0 Å². The number of benzene rings is 1. The molecule has 0 bridgehead atoms. The van der Waals surface area contributed by atoms with E-state index >= 15 is 0 Å². The normalized spacial score (nSPS) is 16.6. The first kappa shape index (κ1) is 20.8. The van der Waals surface area contributed by atoms with Gasteiger partial charge in [0, 0.05) is 49.8 Å². The molecule has 2 aromatic rings. The molecule has 1 saturated heterocycles. The van der Waals surface area contributed by atoms with Gasteiger partial charge in [0.2, 0.25) is 0 Å². The Bertz CT molecular complexity index is 1020. The Labute approximate surface area is 180 Å². The monoisotopic (exact) mass is 422 g/mol. The highest BCUT2D eigenvalue weighted by Crippen LogP contribution is 2.36. The van der Waals surface area contributed by atoms with Crippen molar-refractivity contribution < 1.29 is 14.3 Å². The van der Waals surface area contributed by atoms with E-state index in [4.69, 9.17) is 10.5 Å². The number of anilines is 2. The van der Waals surface area contributed by atoms with E-state index in [9.17, 15) is 9.59 Å². The summed E-state index contributed by atoms with van der Waals surface area (Å²) in [5.74, 6) is -0.149. The van der Waals surface area contributed by atoms with E-state index in [0.717, 1.165) is 11.3 Å². The summed E-state index contributed by atoms with van der Waals surface area (Å²) in [5.41, 5.74) is 8.87. The number of aromatic nitrogens is 2. The van der Waals surface area contributed by atoms with E-state index in [1.165, 1.54) is 6.20 Å². The van der Waals surface area contributed by atoms with E-state index < -0.39 is 5.91 Å². The lowest BCUT2D eigenvalue weighted by Gasteiger charge is -2.31. The summed E-state index contributed by atoms with van der Waals surface area (Å²) in [4.78, 5) is 38.1. The molecule has 162 valence electrons. The summed E-state index contributed by atoms with van der Waals surface area (Å²) in [5, 5.41) is 2.97. The van der Waals surface area contributed by atoms with Gasteiger partial charge < -0.3 is 25.6 Å². The number of nitrogens with two attached hydrogens (primary N) is 1. The highest BCUT2D eigenvalue weighted by molar-refractivity contribution is 6.25. The lowest BCUT2D eigenvalue weighted by molar-refractivity contribution is -0.111. The first-order valence-electron chi connectivity index (χ1n) is 10.3. The molecule has 0 unspecified atom stereocenters. The average molecular weight is 422 g/mol. The van der Waals surface area contributed by atoms with E-state index in [1.807, 2.05) is 30.9 Å². The van der Waals surface area contributed by atoms with Gasteiger partial charge in [0.15, 0.2) is 5.82 Å². The first-order chi connectivity index (χ1) is 15.0. The van der Waals surface area contributed by atoms with Crippen molar-refractivity contribution in [1.82, 2.24) is 14.9 Å². The number of hydrogen-bond donors (Lipinski definition) is 2. The average Bonchev–Trinajstić information content (AvgIpc) is 3.11. The van der Waals surface area contributed by atoms with Crippen molar-refractivity contribution in [2.75, 3.05) is 36.5 Å². The Balaban J connectivity index is 1.70. The number of morpholine rings is 1. The standard InChI is InChI=1S/C22H26N6O3/c1-14(2)28-13-15-10-18(26-21(29)17(12-23)20-24-4-3-5-25-20)19(11-16(15)22(28)30)27-6-8-31-9-7-27/h3-5,10-12,14H,6-9,13,23H2,1-2H3,(H,26,29)/b17-12+. The van der Waals surface area contributed by atoms with Gasteiger partial charge in [0.05, 0.1) is 30.2 Å². The molecule has 3 N–H and O–H groups in total. The van der Waals surface area contributed by atoms with E-state index in [0.29, 0.717) is 44.1 Å². The maximum Gasteiger partial charge on any atom is 0.261 e. The topological polar surface area (TPSA) is 114 Å². The van der Waals surface area contributed by atoms with Crippen LogP contribution in [-0.2, 0) is 16.1 Å². The Morgan fingerprint density at radius 1 is 1.23 bits per heavy atom. The quantitative estimate of drug-likeness (QED) is 0.704. The second-order valence-corrected chi connectivity index (χ2v) is 7.76. The van der Waals surface area contributed by atoms with Crippen LogP contribution >= 0.6 is 0 Å². The number of fused-ring (bicyclic) bond motifs is 1. The van der Waals surface area contributed by atoms with Crippen molar-refractivity contribution in [2.24, 2.45) is 5.73 Å². The van der Waals surface area contributed by atoms with Crippen molar-refractivity contribution in [3.63, 3.8) is 0 Å². The maximum atomic E-state index is 13.1. The number of ether oxygens (including phenoxy) is 1. The van der Waals surface area contributed by atoms with E-state index in [2.05, 4.69) is 20.2 Å². The molecule has 31 heavy (non-hydrogen) atoms. The Morgan fingerprint density at radius 2 is 1.94 bits per heavy atom. The van der Waals surface area contributed by atoms with Crippen LogP contribution in [0.3, 0.4) is 0 Å². The lowest BCUT2D eigenvalue weighted by Crippen LogP contribution is -2.37. The third-order valence-corrected chi connectivity index (χ3v) is 5.49. The van der Waals surface area contributed by atoms with Gasteiger partial charge >= 0.3 is 0 Å². The molecule has 2 amide bonds. The fourth-order valence-electron chi connectivity index (χ4n) is 3.84. The summed E-state index contributed by atoms with van der Waals surface area (Å²) >= 11 is 0. The van der Waals surface area contributed by atoms with Gasteiger partial charge in [0.25, 0.3) is 11.8 Å². The number of hydrogen-bond acceptors (Lipinski definition) is 7. The largest absolute Gasteiger partial charge is 0.404 e. The third kappa shape index (κ3) is 4.09. The van der Waals surface area contributed by atoms with Gasteiger partial charge in [0.1, 0.15) is 0 Å². The van der Waals surface area contributed by atoms with Gasteiger partial charge in [-0.25, -0.2) is 9.97 Å². The molecular weight excluding hydrogens is 396 g/mol. The fourth-order valence-corrected chi connectivity index (χ4v) is 3.84. The van der Waals surface area contributed by atoms with Crippen LogP contribution in [0.15, 0.2) is 36.8 Å². The minimum Gasteiger partial charge on any atom is -0.404 e. The number of amides is 2. The predicted octanol–water partition coefficient (Wildman–Crippen LogP) is 1.62. The number of rotatable bonds is 5. The molecule has 0 radical (unpaired) electrons. The zero-order valence-corrected chi connectivity index (χ0v) is 17.7. The summed E-state index contributed by atoms with van der Waals surface area (Å²) in [7, 11) is 0. The smallest absolute Gasteiger partial charge is 0.261 e. The van der Waals surface area contributed by atoms with Crippen molar-refractivity contribution in [3.8, 4) is 0 Å².